The van der Waals surface area contributed by atoms with Crippen LogP contribution in [0.15, 0.2) is 18.2 Å². The average Bonchev–Trinajstić information content (AvgIpc) is 2.54. The van der Waals surface area contributed by atoms with E-state index in [2.05, 4.69) is 5.32 Å². The first-order valence-electron chi connectivity index (χ1n) is 8.27. The van der Waals surface area contributed by atoms with E-state index in [9.17, 15) is 9.90 Å². The topological polar surface area (TPSA) is 116 Å². The number of hydrogen-bond donors (Lipinski definition) is 5. The standard InChI is InChI=1S/C16H25BCl2N2O4.2ClH/c18-13-5-4-12(10-14(13)19)11-21-9-3-7-16(20,15(22)23)6-1-2-8-17(24)25;;/h4-5,10,21,24-25H,1-3,6-9,11,20H2,(H,22,23);2*1H. The molecule has 1 aromatic carbocycles. The molecule has 11 heteroatoms. The van der Waals surface area contributed by atoms with Crippen molar-refractivity contribution in [2.45, 2.75) is 50.5 Å². The lowest BCUT2D eigenvalue weighted by Gasteiger charge is -2.24. The maximum atomic E-state index is 11.4. The van der Waals surface area contributed by atoms with Gasteiger partial charge in [-0.1, -0.05) is 42.1 Å². The lowest BCUT2D eigenvalue weighted by atomic mass is 9.81. The predicted octanol–water partition coefficient (Wildman–Crippen LogP) is 3.13. The molecule has 1 unspecified atom stereocenters. The molecule has 27 heavy (non-hydrogen) atoms. The molecule has 0 aliphatic heterocycles. The monoisotopic (exact) mass is 462 g/mol. The first-order chi connectivity index (χ1) is 11.7. The number of nitrogens with one attached hydrogen (secondary N) is 1. The summed E-state index contributed by atoms with van der Waals surface area (Å²) in [5, 5.41) is 31.2. The highest BCUT2D eigenvalue weighted by Crippen LogP contribution is 2.22. The van der Waals surface area contributed by atoms with Crippen molar-refractivity contribution >= 4 is 61.1 Å². The predicted molar refractivity (Wildman–Crippen MR) is 115 cm³/mol. The van der Waals surface area contributed by atoms with Crippen LogP contribution in [-0.2, 0) is 11.3 Å². The summed E-state index contributed by atoms with van der Waals surface area (Å²) in [5.41, 5.74) is 5.71. The minimum atomic E-state index is -1.36. The van der Waals surface area contributed by atoms with Gasteiger partial charge in [-0.2, -0.15) is 0 Å². The van der Waals surface area contributed by atoms with Crippen molar-refractivity contribution in [3.8, 4) is 0 Å². The Balaban J connectivity index is 0. The second-order valence-electron chi connectivity index (χ2n) is 6.22. The van der Waals surface area contributed by atoms with E-state index < -0.39 is 18.6 Å². The van der Waals surface area contributed by atoms with Crippen molar-refractivity contribution in [3.05, 3.63) is 33.8 Å². The van der Waals surface area contributed by atoms with Gasteiger partial charge in [0.15, 0.2) is 0 Å². The Morgan fingerprint density at radius 1 is 1.11 bits per heavy atom. The molecular formula is C16H27BCl4N2O4. The van der Waals surface area contributed by atoms with Gasteiger partial charge in [0.05, 0.1) is 10.0 Å². The molecule has 0 fully saturated rings. The van der Waals surface area contributed by atoms with E-state index in [0.717, 1.165) is 5.56 Å². The number of hydrogen-bond acceptors (Lipinski definition) is 5. The summed E-state index contributed by atoms with van der Waals surface area (Å²) in [4.78, 5) is 11.4. The fourth-order valence-corrected chi connectivity index (χ4v) is 2.84. The summed E-state index contributed by atoms with van der Waals surface area (Å²) in [6.07, 6.45) is 2.56. The van der Waals surface area contributed by atoms with Crippen LogP contribution >= 0.6 is 48.0 Å². The smallest absolute Gasteiger partial charge is 0.451 e. The van der Waals surface area contributed by atoms with Gasteiger partial charge in [0.1, 0.15) is 5.54 Å². The summed E-state index contributed by atoms with van der Waals surface area (Å²) in [5.74, 6) is -1.03. The van der Waals surface area contributed by atoms with Crippen molar-refractivity contribution < 1.29 is 19.9 Å². The van der Waals surface area contributed by atoms with Crippen LogP contribution in [0.2, 0.25) is 16.4 Å². The van der Waals surface area contributed by atoms with E-state index in [-0.39, 0.29) is 31.1 Å². The number of benzene rings is 1. The number of carboxylic acids is 1. The highest BCUT2D eigenvalue weighted by atomic mass is 35.5. The number of carbonyl (C=O) groups is 1. The Kier molecular flexibility index (Phi) is 15.8. The molecule has 0 saturated carbocycles. The molecule has 0 aromatic heterocycles. The van der Waals surface area contributed by atoms with Crippen molar-refractivity contribution in [1.29, 1.82) is 0 Å². The van der Waals surface area contributed by atoms with Gasteiger partial charge in [-0.15, -0.1) is 24.8 Å². The normalized spacial score (nSPS) is 12.5. The highest BCUT2D eigenvalue weighted by molar-refractivity contribution is 6.42. The molecule has 1 aromatic rings. The second-order valence-corrected chi connectivity index (χ2v) is 7.03. The largest absolute Gasteiger partial charge is 0.480 e. The molecule has 0 saturated heterocycles. The van der Waals surface area contributed by atoms with Gasteiger partial charge >= 0.3 is 13.1 Å². The number of nitrogens with two attached hydrogens (primary N) is 1. The molecule has 0 aliphatic rings. The third-order valence-corrected chi connectivity index (χ3v) is 4.79. The quantitative estimate of drug-likeness (QED) is 0.240. The maximum Gasteiger partial charge on any atom is 0.451 e. The second kappa shape index (κ2) is 14.7. The molecule has 6 nitrogen and oxygen atoms in total. The van der Waals surface area contributed by atoms with Gasteiger partial charge in [-0.25, -0.2) is 0 Å². The molecule has 0 spiro atoms. The van der Waals surface area contributed by atoms with E-state index in [1.165, 1.54) is 0 Å². The molecule has 0 aliphatic carbocycles. The zero-order valence-corrected chi connectivity index (χ0v) is 18.0. The number of aliphatic carboxylic acids is 1. The van der Waals surface area contributed by atoms with E-state index in [4.69, 9.17) is 39.0 Å². The molecule has 0 heterocycles. The molecule has 6 N–H and O–H groups in total. The first-order valence-corrected chi connectivity index (χ1v) is 9.03. The fourth-order valence-electron chi connectivity index (χ4n) is 2.52. The zero-order valence-electron chi connectivity index (χ0n) is 14.9. The number of rotatable bonds is 12. The van der Waals surface area contributed by atoms with Crippen LogP contribution in [0, 0.1) is 0 Å². The van der Waals surface area contributed by atoms with Crippen LogP contribution in [-0.4, -0.2) is 40.3 Å². The van der Waals surface area contributed by atoms with Crippen molar-refractivity contribution in [2.24, 2.45) is 5.73 Å². The van der Waals surface area contributed by atoms with Gasteiger partial charge in [0.25, 0.3) is 0 Å². The Hall–Kier alpha value is -0.245. The van der Waals surface area contributed by atoms with Gasteiger partial charge < -0.3 is 26.2 Å². The Morgan fingerprint density at radius 3 is 2.30 bits per heavy atom. The number of unbranched alkanes of at least 4 members (excludes halogenated alkanes) is 1. The lowest BCUT2D eigenvalue weighted by Crippen LogP contribution is -2.48. The number of carboxylic acid groups (broad SMARTS) is 1. The van der Waals surface area contributed by atoms with Gasteiger partial charge in [0, 0.05) is 6.54 Å². The minimum Gasteiger partial charge on any atom is -0.480 e. The summed E-state index contributed by atoms with van der Waals surface area (Å²) >= 11 is 11.8. The van der Waals surface area contributed by atoms with Crippen LogP contribution in [0.25, 0.3) is 0 Å². The molecule has 0 radical (unpaired) electrons. The summed E-state index contributed by atoms with van der Waals surface area (Å²) in [6.45, 7) is 1.23. The fraction of sp³-hybridized carbons (Fsp3) is 0.562. The highest BCUT2D eigenvalue weighted by Gasteiger charge is 2.32. The van der Waals surface area contributed by atoms with E-state index in [1.807, 2.05) is 6.07 Å². The maximum absolute atomic E-state index is 11.4. The molecule has 1 atom stereocenters. The molecule has 156 valence electrons. The molecule has 1 rings (SSSR count). The molecular weight excluding hydrogens is 437 g/mol. The summed E-state index contributed by atoms with van der Waals surface area (Å²) < 4.78 is 0. The van der Waals surface area contributed by atoms with Crippen LogP contribution in [0.3, 0.4) is 0 Å². The first kappa shape index (κ1) is 29.0. The van der Waals surface area contributed by atoms with Gasteiger partial charge in [-0.3, -0.25) is 4.79 Å². The van der Waals surface area contributed by atoms with Crippen LogP contribution < -0.4 is 11.1 Å². The number of halogens is 4. The van der Waals surface area contributed by atoms with Crippen molar-refractivity contribution in [2.75, 3.05) is 6.54 Å². The van der Waals surface area contributed by atoms with Crippen LogP contribution in [0.4, 0.5) is 0 Å². The zero-order chi connectivity index (χ0) is 18.9. The van der Waals surface area contributed by atoms with Gasteiger partial charge in [-0.05, 0) is 49.8 Å². The minimum absolute atomic E-state index is 0. The molecule has 0 bridgehead atoms. The summed E-state index contributed by atoms with van der Waals surface area (Å²) in [6, 6.07) is 5.40. The lowest BCUT2D eigenvalue weighted by molar-refractivity contribution is -0.144. The third kappa shape index (κ3) is 11.4. The van der Waals surface area contributed by atoms with Gasteiger partial charge in [0.2, 0.25) is 0 Å². The van der Waals surface area contributed by atoms with Crippen molar-refractivity contribution in [1.82, 2.24) is 5.32 Å². The van der Waals surface area contributed by atoms with E-state index in [1.54, 1.807) is 12.1 Å². The van der Waals surface area contributed by atoms with Crippen LogP contribution in [0.1, 0.15) is 37.7 Å². The third-order valence-electron chi connectivity index (χ3n) is 4.05. The Labute approximate surface area is 182 Å². The van der Waals surface area contributed by atoms with Crippen LogP contribution in [0.5, 0.6) is 0 Å². The Bertz CT molecular complexity index is 569. The SMILES string of the molecule is Cl.Cl.NC(CCCCB(O)O)(CCCNCc1ccc(Cl)c(Cl)c1)C(=O)O. The van der Waals surface area contributed by atoms with E-state index in [0.29, 0.717) is 55.2 Å². The van der Waals surface area contributed by atoms with E-state index >= 15 is 0 Å². The summed E-state index contributed by atoms with van der Waals surface area (Å²) in [7, 11) is -1.36. The molecule has 0 amide bonds. The average molecular weight is 464 g/mol. The Morgan fingerprint density at radius 2 is 1.74 bits per heavy atom. The van der Waals surface area contributed by atoms with Crippen molar-refractivity contribution in [3.63, 3.8) is 0 Å².